The average Bonchev–Trinajstić information content (AvgIpc) is 2.57. The summed E-state index contributed by atoms with van der Waals surface area (Å²) in [5, 5.41) is 2.53. The number of nitrogens with two attached hydrogens (primary N) is 1. The molecule has 2 aromatic rings. The third-order valence-corrected chi connectivity index (χ3v) is 5.16. The Bertz CT molecular complexity index is 560. The monoisotopic (exact) mass is 360 g/mol. The maximum absolute atomic E-state index is 3.49. The van der Waals surface area contributed by atoms with Crippen LogP contribution in [0.15, 0.2) is 59.1 Å². The summed E-state index contributed by atoms with van der Waals surface area (Å²) in [4.78, 5) is 1.74. The molecular weight excluding hydrogens is 336 g/mol. The lowest BCUT2D eigenvalue weighted by atomic mass is 10.0. The van der Waals surface area contributed by atoms with Crippen LogP contribution in [0, 0.1) is 0 Å². The largest absolute Gasteiger partial charge is 0.340 e. The summed E-state index contributed by atoms with van der Waals surface area (Å²) in [6, 6.07) is 20.4. The maximum atomic E-state index is 3.49. The third-order valence-electron chi connectivity index (χ3n) is 4.63. The van der Waals surface area contributed by atoms with Gasteiger partial charge < -0.3 is 10.2 Å². The molecule has 0 radical (unpaired) electrons. The van der Waals surface area contributed by atoms with Crippen LogP contribution in [-0.2, 0) is 13.1 Å². The van der Waals surface area contributed by atoms with Crippen molar-refractivity contribution in [3.05, 3.63) is 70.2 Å². The molecule has 1 saturated heterocycles. The molecular formula is C19H25BrN2+2. The molecule has 1 aliphatic heterocycles. The van der Waals surface area contributed by atoms with Crippen LogP contribution in [0.2, 0.25) is 0 Å². The van der Waals surface area contributed by atoms with Gasteiger partial charge in [0.15, 0.2) is 0 Å². The number of hydrogen-bond acceptors (Lipinski definition) is 0. The molecule has 0 aromatic heterocycles. The van der Waals surface area contributed by atoms with Gasteiger partial charge in [0.05, 0.1) is 19.1 Å². The molecule has 3 N–H and O–H groups in total. The van der Waals surface area contributed by atoms with E-state index in [1.54, 1.807) is 4.90 Å². The Balaban J connectivity index is 1.41. The Kier molecular flexibility index (Phi) is 5.65. The summed E-state index contributed by atoms with van der Waals surface area (Å²) >= 11 is 3.49. The van der Waals surface area contributed by atoms with E-state index in [0.29, 0.717) is 0 Å². The van der Waals surface area contributed by atoms with Crippen molar-refractivity contribution >= 4 is 15.9 Å². The number of piperidine rings is 1. The van der Waals surface area contributed by atoms with E-state index in [9.17, 15) is 0 Å². The Labute approximate surface area is 141 Å². The zero-order chi connectivity index (χ0) is 15.2. The number of nitrogens with one attached hydrogen (secondary N) is 1. The minimum absolute atomic E-state index is 0.795. The van der Waals surface area contributed by atoms with Crippen molar-refractivity contribution in [2.75, 3.05) is 13.1 Å². The number of hydrogen-bond donors (Lipinski definition) is 2. The van der Waals surface area contributed by atoms with Gasteiger partial charge in [0.1, 0.15) is 13.1 Å². The highest BCUT2D eigenvalue weighted by Gasteiger charge is 2.24. The first-order valence-electron chi connectivity index (χ1n) is 8.25. The molecule has 0 bridgehead atoms. The summed E-state index contributed by atoms with van der Waals surface area (Å²) in [6.45, 7) is 4.89. The standard InChI is InChI=1S/C19H23BrN2/c20-18-8-6-16(7-9-18)14-21-19-10-12-22(13-11-19)15-17-4-2-1-3-5-17/h1-9,19,21H,10-15H2/p+2. The summed E-state index contributed by atoms with van der Waals surface area (Å²) in [5.41, 5.74) is 2.89. The second-order valence-corrected chi connectivity index (χ2v) is 7.23. The van der Waals surface area contributed by atoms with Crippen molar-refractivity contribution in [1.29, 1.82) is 0 Å². The smallest absolute Gasteiger partial charge is 0.103 e. The van der Waals surface area contributed by atoms with Crippen LogP contribution in [0.4, 0.5) is 0 Å². The lowest BCUT2D eigenvalue weighted by Gasteiger charge is -2.28. The first kappa shape index (κ1) is 15.7. The van der Waals surface area contributed by atoms with Crippen LogP contribution in [0.5, 0.6) is 0 Å². The van der Waals surface area contributed by atoms with E-state index in [-0.39, 0.29) is 0 Å². The van der Waals surface area contributed by atoms with Crippen LogP contribution < -0.4 is 10.2 Å². The molecule has 0 saturated carbocycles. The van der Waals surface area contributed by atoms with E-state index in [2.05, 4.69) is 75.8 Å². The Morgan fingerprint density at radius 2 is 1.59 bits per heavy atom. The van der Waals surface area contributed by atoms with Gasteiger partial charge in [-0.25, -0.2) is 0 Å². The molecule has 116 valence electrons. The maximum Gasteiger partial charge on any atom is 0.103 e. The van der Waals surface area contributed by atoms with Gasteiger partial charge in [-0.05, 0) is 12.1 Å². The molecule has 22 heavy (non-hydrogen) atoms. The molecule has 2 aromatic carbocycles. The number of halogens is 1. The van der Waals surface area contributed by atoms with E-state index < -0.39 is 0 Å². The molecule has 3 heteroatoms. The minimum atomic E-state index is 0.795. The van der Waals surface area contributed by atoms with Crippen molar-refractivity contribution in [1.82, 2.24) is 0 Å². The normalized spacial score (nSPS) is 21.7. The fourth-order valence-electron chi connectivity index (χ4n) is 3.27. The predicted octanol–water partition coefficient (Wildman–Crippen LogP) is 1.76. The van der Waals surface area contributed by atoms with Crippen molar-refractivity contribution < 1.29 is 10.2 Å². The highest BCUT2D eigenvalue weighted by atomic mass is 79.9. The van der Waals surface area contributed by atoms with Crippen LogP contribution in [-0.4, -0.2) is 19.1 Å². The molecule has 2 nitrogen and oxygen atoms in total. The van der Waals surface area contributed by atoms with E-state index in [0.717, 1.165) is 17.1 Å². The number of quaternary nitrogens is 2. The summed E-state index contributed by atoms with van der Waals surface area (Å²) < 4.78 is 1.16. The van der Waals surface area contributed by atoms with Gasteiger partial charge in [-0.15, -0.1) is 0 Å². The quantitative estimate of drug-likeness (QED) is 0.810. The van der Waals surface area contributed by atoms with E-state index in [4.69, 9.17) is 0 Å². The van der Waals surface area contributed by atoms with Crippen molar-refractivity contribution in [2.45, 2.75) is 32.0 Å². The Morgan fingerprint density at radius 3 is 2.27 bits per heavy atom. The SMILES string of the molecule is Brc1ccc(C[NH2+]C2CC[NH+](Cc3ccccc3)CC2)cc1. The predicted molar refractivity (Wildman–Crippen MR) is 93.6 cm³/mol. The highest BCUT2D eigenvalue weighted by Crippen LogP contribution is 2.09. The van der Waals surface area contributed by atoms with Gasteiger partial charge in [0, 0.05) is 28.4 Å². The molecule has 0 amide bonds. The van der Waals surface area contributed by atoms with E-state index in [1.807, 2.05) is 0 Å². The minimum Gasteiger partial charge on any atom is -0.340 e. The van der Waals surface area contributed by atoms with Gasteiger partial charge in [-0.2, -0.15) is 0 Å². The van der Waals surface area contributed by atoms with Crippen molar-refractivity contribution in [2.24, 2.45) is 0 Å². The number of benzene rings is 2. The van der Waals surface area contributed by atoms with Gasteiger partial charge >= 0.3 is 0 Å². The highest BCUT2D eigenvalue weighted by molar-refractivity contribution is 9.10. The molecule has 1 heterocycles. The first-order chi connectivity index (χ1) is 10.8. The van der Waals surface area contributed by atoms with Crippen molar-refractivity contribution in [3.63, 3.8) is 0 Å². The zero-order valence-electron chi connectivity index (χ0n) is 13.0. The van der Waals surface area contributed by atoms with Crippen LogP contribution in [0.3, 0.4) is 0 Å². The molecule has 1 aliphatic rings. The zero-order valence-corrected chi connectivity index (χ0v) is 14.6. The first-order valence-corrected chi connectivity index (χ1v) is 9.04. The van der Waals surface area contributed by atoms with Crippen LogP contribution >= 0.6 is 15.9 Å². The molecule has 0 spiro atoms. The lowest BCUT2D eigenvalue weighted by Crippen LogP contribution is -3.13. The molecule has 3 rings (SSSR count). The van der Waals surface area contributed by atoms with Crippen molar-refractivity contribution in [3.8, 4) is 0 Å². The Morgan fingerprint density at radius 1 is 0.909 bits per heavy atom. The van der Waals surface area contributed by atoms with E-state index in [1.165, 1.54) is 43.6 Å². The summed E-state index contributed by atoms with van der Waals surface area (Å²) in [6.07, 6.45) is 2.66. The Hall–Kier alpha value is -1.16. The second kappa shape index (κ2) is 7.91. The fourth-order valence-corrected chi connectivity index (χ4v) is 3.53. The summed E-state index contributed by atoms with van der Waals surface area (Å²) in [5.74, 6) is 0. The fraction of sp³-hybridized carbons (Fsp3) is 0.368. The van der Waals surface area contributed by atoms with Gasteiger partial charge in [0.2, 0.25) is 0 Å². The average molecular weight is 361 g/mol. The molecule has 1 fully saturated rings. The summed E-state index contributed by atoms with van der Waals surface area (Å²) in [7, 11) is 0. The van der Waals surface area contributed by atoms with Gasteiger partial charge in [0.25, 0.3) is 0 Å². The van der Waals surface area contributed by atoms with Crippen LogP contribution in [0.25, 0.3) is 0 Å². The molecule has 0 unspecified atom stereocenters. The topological polar surface area (TPSA) is 21.1 Å². The number of rotatable bonds is 5. The van der Waals surface area contributed by atoms with Gasteiger partial charge in [-0.1, -0.05) is 58.4 Å². The van der Waals surface area contributed by atoms with Gasteiger partial charge in [-0.3, -0.25) is 0 Å². The molecule has 0 atom stereocenters. The van der Waals surface area contributed by atoms with E-state index >= 15 is 0 Å². The third kappa shape index (κ3) is 4.67. The second-order valence-electron chi connectivity index (χ2n) is 6.32. The number of likely N-dealkylation sites (tertiary alicyclic amines) is 1. The van der Waals surface area contributed by atoms with Crippen LogP contribution in [0.1, 0.15) is 24.0 Å². The molecule has 0 aliphatic carbocycles. The lowest BCUT2D eigenvalue weighted by molar-refractivity contribution is -0.926.